The summed E-state index contributed by atoms with van der Waals surface area (Å²) in [5.41, 5.74) is 1.33. The van der Waals surface area contributed by atoms with Crippen LogP contribution in [0.1, 0.15) is 30.7 Å². The average Bonchev–Trinajstić information content (AvgIpc) is 2.84. The standard InChI is InChI=1S/C13H15NO/c15-13-9-11(10-5-2-1-3-6-10)12-7-4-8-14(12)13/h1-3,5-6,11-12H,4,7-9H2/t11-,12+/m0/s1. The third-order valence-electron chi connectivity index (χ3n) is 3.71. The number of nitrogens with zero attached hydrogens (tertiary/aromatic N) is 1. The Hall–Kier alpha value is -1.31. The summed E-state index contributed by atoms with van der Waals surface area (Å²) in [4.78, 5) is 13.8. The number of hydrogen-bond donors (Lipinski definition) is 0. The average molecular weight is 201 g/mol. The molecule has 1 amide bonds. The van der Waals surface area contributed by atoms with Crippen LogP contribution in [0.15, 0.2) is 30.3 Å². The summed E-state index contributed by atoms with van der Waals surface area (Å²) < 4.78 is 0. The van der Waals surface area contributed by atoms with Gasteiger partial charge >= 0.3 is 0 Å². The molecule has 0 bridgehead atoms. The van der Waals surface area contributed by atoms with Gasteiger partial charge in [-0.05, 0) is 18.4 Å². The van der Waals surface area contributed by atoms with E-state index in [0.29, 0.717) is 24.3 Å². The molecule has 0 N–H and O–H groups in total. The topological polar surface area (TPSA) is 20.3 Å². The molecular formula is C13H15NO. The first-order valence-electron chi connectivity index (χ1n) is 5.70. The van der Waals surface area contributed by atoms with E-state index < -0.39 is 0 Å². The smallest absolute Gasteiger partial charge is 0.223 e. The van der Waals surface area contributed by atoms with Gasteiger partial charge in [0.25, 0.3) is 0 Å². The third-order valence-corrected chi connectivity index (χ3v) is 3.71. The van der Waals surface area contributed by atoms with E-state index in [1.54, 1.807) is 0 Å². The van der Waals surface area contributed by atoms with Crippen LogP contribution in [0.4, 0.5) is 0 Å². The maximum atomic E-state index is 11.8. The van der Waals surface area contributed by atoms with Gasteiger partial charge < -0.3 is 4.90 Å². The Morgan fingerprint density at radius 2 is 2.00 bits per heavy atom. The molecule has 0 aromatic heterocycles. The Bertz CT molecular complexity index is 373. The van der Waals surface area contributed by atoms with E-state index in [2.05, 4.69) is 29.2 Å². The van der Waals surface area contributed by atoms with E-state index in [1.165, 1.54) is 18.4 Å². The summed E-state index contributed by atoms with van der Waals surface area (Å²) in [7, 11) is 0. The lowest BCUT2D eigenvalue weighted by atomic mass is 9.90. The molecule has 15 heavy (non-hydrogen) atoms. The number of carbonyl (C=O) groups excluding carboxylic acids is 1. The Morgan fingerprint density at radius 3 is 2.80 bits per heavy atom. The van der Waals surface area contributed by atoms with E-state index >= 15 is 0 Å². The summed E-state index contributed by atoms with van der Waals surface area (Å²) >= 11 is 0. The van der Waals surface area contributed by atoms with Crippen LogP contribution in [-0.4, -0.2) is 23.4 Å². The number of amides is 1. The van der Waals surface area contributed by atoms with Gasteiger partial charge in [0, 0.05) is 24.9 Å². The fourth-order valence-corrected chi connectivity index (χ4v) is 3.00. The van der Waals surface area contributed by atoms with Crippen molar-refractivity contribution < 1.29 is 4.79 Å². The van der Waals surface area contributed by atoms with Crippen LogP contribution in [-0.2, 0) is 4.79 Å². The first-order chi connectivity index (χ1) is 7.36. The normalized spacial score (nSPS) is 29.6. The lowest BCUT2D eigenvalue weighted by Gasteiger charge is -2.20. The molecule has 3 rings (SSSR count). The quantitative estimate of drug-likeness (QED) is 0.682. The molecule has 0 spiro atoms. The van der Waals surface area contributed by atoms with Gasteiger partial charge in [-0.3, -0.25) is 4.79 Å². The van der Waals surface area contributed by atoms with Crippen molar-refractivity contribution in [2.24, 2.45) is 0 Å². The van der Waals surface area contributed by atoms with Crippen molar-refractivity contribution in [3.8, 4) is 0 Å². The number of benzene rings is 1. The van der Waals surface area contributed by atoms with Crippen molar-refractivity contribution in [1.29, 1.82) is 0 Å². The second kappa shape index (κ2) is 3.37. The Morgan fingerprint density at radius 1 is 1.20 bits per heavy atom. The zero-order chi connectivity index (χ0) is 10.3. The molecule has 2 fully saturated rings. The van der Waals surface area contributed by atoms with Gasteiger partial charge in [-0.25, -0.2) is 0 Å². The van der Waals surface area contributed by atoms with Crippen LogP contribution in [0, 0.1) is 0 Å². The highest BCUT2D eigenvalue weighted by molar-refractivity contribution is 5.81. The second-order valence-electron chi connectivity index (χ2n) is 4.52. The van der Waals surface area contributed by atoms with Crippen molar-refractivity contribution in [1.82, 2.24) is 4.90 Å². The first-order valence-corrected chi connectivity index (χ1v) is 5.70. The predicted octanol–water partition coefficient (Wildman–Crippen LogP) is 2.16. The predicted molar refractivity (Wildman–Crippen MR) is 58.5 cm³/mol. The highest BCUT2D eigenvalue weighted by atomic mass is 16.2. The fraction of sp³-hybridized carbons (Fsp3) is 0.462. The second-order valence-corrected chi connectivity index (χ2v) is 4.52. The van der Waals surface area contributed by atoms with Crippen LogP contribution in [0.2, 0.25) is 0 Å². The molecule has 0 aliphatic carbocycles. The number of carbonyl (C=O) groups is 1. The largest absolute Gasteiger partial charge is 0.339 e. The minimum absolute atomic E-state index is 0.353. The molecule has 2 nitrogen and oxygen atoms in total. The van der Waals surface area contributed by atoms with E-state index in [-0.39, 0.29) is 0 Å². The van der Waals surface area contributed by atoms with Gasteiger partial charge in [0.15, 0.2) is 0 Å². The Kier molecular flexibility index (Phi) is 2.01. The monoisotopic (exact) mass is 201 g/mol. The highest BCUT2D eigenvalue weighted by Gasteiger charge is 2.42. The summed E-state index contributed by atoms with van der Waals surface area (Å²) in [6.45, 7) is 0.979. The number of fused-ring (bicyclic) bond motifs is 1. The Labute approximate surface area is 89.9 Å². The maximum absolute atomic E-state index is 11.8. The molecule has 2 atom stereocenters. The summed E-state index contributed by atoms with van der Waals surface area (Å²) in [6, 6.07) is 11.0. The minimum Gasteiger partial charge on any atom is -0.339 e. The van der Waals surface area contributed by atoms with E-state index in [9.17, 15) is 4.79 Å². The van der Waals surface area contributed by atoms with Crippen molar-refractivity contribution in [2.45, 2.75) is 31.2 Å². The van der Waals surface area contributed by atoms with Crippen LogP contribution < -0.4 is 0 Å². The van der Waals surface area contributed by atoms with Gasteiger partial charge in [-0.15, -0.1) is 0 Å². The van der Waals surface area contributed by atoms with E-state index in [1.807, 2.05) is 6.07 Å². The molecule has 0 unspecified atom stereocenters. The molecule has 0 saturated carbocycles. The molecule has 2 saturated heterocycles. The van der Waals surface area contributed by atoms with Gasteiger partial charge in [0.1, 0.15) is 0 Å². The lowest BCUT2D eigenvalue weighted by molar-refractivity contribution is -0.127. The van der Waals surface area contributed by atoms with Gasteiger partial charge in [0.05, 0.1) is 0 Å². The first kappa shape index (κ1) is 8.96. The van der Waals surface area contributed by atoms with Crippen LogP contribution in [0.25, 0.3) is 0 Å². The van der Waals surface area contributed by atoms with Crippen molar-refractivity contribution in [3.05, 3.63) is 35.9 Å². The summed E-state index contributed by atoms with van der Waals surface area (Å²) in [5, 5.41) is 0. The molecule has 78 valence electrons. The summed E-state index contributed by atoms with van der Waals surface area (Å²) in [6.07, 6.45) is 3.08. The molecule has 0 radical (unpaired) electrons. The molecule has 1 aromatic carbocycles. The fourth-order valence-electron chi connectivity index (χ4n) is 3.00. The van der Waals surface area contributed by atoms with E-state index in [4.69, 9.17) is 0 Å². The number of rotatable bonds is 1. The van der Waals surface area contributed by atoms with Gasteiger partial charge in [-0.2, -0.15) is 0 Å². The zero-order valence-corrected chi connectivity index (χ0v) is 8.73. The van der Waals surface area contributed by atoms with Crippen molar-refractivity contribution in [2.75, 3.05) is 6.54 Å². The molecule has 2 aliphatic rings. The third kappa shape index (κ3) is 1.36. The SMILES string of the molecule is O=C1C[C@@H](c2ccccc2)[C@H]2CCCN12. The molecule has 1 aromatic rings. The lowest BCUT2D eigenvalue weighted by Crippen LogP contribution is -2.28. The van der Waals surface area contributed by atoms with Gasteiger partial charge in [0.2, 0.25) is 5.91 Å². The van der Waals surface area contributed by atoms with Crippen LogP contribution in [0.5, 0.6) is 0 Å². The highest BCUT2D eigenvalue weighted by Crippen LogP contribution is 2.39. The van der Waals surface area contributed by atoms with Crippen molar-refractivity contribution in [3.63, 3.8) is 0 Å². The minimum atomic E-state index is 0.353. The summed E-state index contributed by atoms with van der Waals surface area (Å²) in [5.74, 6) is 0.799. The molecular weight excluding hydrogens is 186 g/mol. The zero-order valence-electron chi connectivity index (χ0n) is 8.73. The molecule has 2 heterocycles. The maximum Gasteiger partial charge on any atom is 0.223 e. The van der Waals surface area contributed by atoms with Crippen molar-refractivity contribution >= 4 is 5.91 Å². The van der Waals surface area contributed by atoms with Crippen LogP contribution in [0.3, 0.4) is 0 Å². The molecule has 2 aliphatic heterocycles. The van der Waals surface area contributed by atoms with E-state index in [0.717, 1.165) is 6.54 Å². The Balaban J connectivity index is 1.92. The van der Waals surface area contributed by atoms with Crippen LogP contribution >= 0.6 is 0 Å². The molecule has 2 heteroatoms. The number of hydrogen-bond acceptors (Lipinski definition) is 1. The van der Waals surface area contributed by atoms with Gasteiger partial charge in [-0.1, -0.05) is 30.3 Å².